The fraction of sp³-hybridized carbons (Fsp3) is 0.667. The molecule has 1 saturated heterocycles. The Morgan fingerprint density at radius 1 is 1.47 bits per heavy atom. The molecule has 1 aromatic rings. The second-order valence-corrected chi connectivity index (χ2v) is 6.11. The van der Waals surface area contributed by atoms with Gasteiger partial charge in [0, 0.05) is 12.2 Å². The van der Waals surface area contributed by atoms with Crippen LogP contribution in [0.2, 0.25) is 0 Å². The Hall–Kier alpha value is -0.740. The van der Waals surface area contributed by atoms with Gasteiger partial charge in [0.15, 0.2) is 0 Å². The van der Waals surface area contributed by atoms with Crippen molar-refractivity contribution in [3.8, 4) is 5.75 Å². The van der Waals surface area contributed by atoms with Crippen molar-refractivity contribution < 1.29 is 4.74 Å². The molecule has 2 heterocycles. The number of nitrogens with zero attached hydrogens (tertiary/aromatic N) is 1. The first kappa shape index (κ1) is 14.7. The zero-order valence-electron chi connectivity index (χ0n) is 11.9. The van der Waals surface area contributed by atoms with Crippen LogP contribution < -0.4 is 10.1 Å². The molecule has 106 valence electrons. The lowest BCUT2D eigenvalue weighted by atomic mass is 9.93. The Labute approximate surface area is 120 Å². The molecule has 1 aliphatic rings. The van der Waals surface area contributed by atoms with Gasteiger partial charge in [-0.25, -0.2) is 0 Å². The van der Waals surface area contributed by atoms with Gasteiger partial charge in [-0.05, 0) is 48.4 Å². The van der Waals surface area contributed by atoms with E-state index in [-0.39, 0.29) is 0 Å². The SMILES string of the molecule is CCCOc1cncc(C(NCC)C2CCSC2)c1. The molecule has 19 heavy (non-hydrogen) atoms. The molecular formula is C15H24N2OS. The Kier molecular flexibility index (Phi) is 5.98. The van der Waals surface area contributed by atoms with E-state index in [1.807, 2.05) is 12.4 Å². The quantitative estimate of drug-likeness (QED) is 0.831. The maximum atomic E-state index is 5.69. The normalized spacial score (nSPS) is 20.4. The molecule has 1 aromatic heterocycles. The van der Waals surface area contributed by atoms with E-state index >= 15 is 0 Å². The van der Waals surface area contributed by atoms with Gasteiger partial charge >= 0.3 is 0 Å². The number of hydrogen-bond donors (Lipinski definition) is 1. The first-order chi connectivity index (χ1) is 9.35. The Morgan fingerprint density at radius 2 is 2.37 bits per heavy atom. The van der Waals surface area contributed by atoms with Crippen molar-refractivity contribution in [2.45, 2.75) is 32.7 Å². The lowest BCUT2D eigenvalue weighted by Gasteiger charge is -2.24. The van der Waals surface area contributed by atoms with Crippen molar-refractivity contribution in [2.75, 3.05) is 24.7 Å². The van der Waals surface area contributed by atoms with Gasteiger partial charge in [0.1, 0.15) is 5.75 Å². The molecule has 3 nitrogen and oxygen atoms in total. The fourth-order valence-corrected chi connectivity index (χ4v) is 3.79. The van der Waals surface area contributed by atoms with E-state index in [1.54, 1.807) is 0 Å². The second kappa shape index (κ2) is 7.75. The molecular weight excluding hydrogens is 256 g/mol. The van der Waals surface area contributed by atoms with Crippen LogP contribution in [-0.4, -0.2) is 29.6 Å². The van der Waals surface area contributed by atoms with Gasteiger partial charge in [-0.3, -0.25) is 4.98 Å². The average molecular weight is 280 g/mol. The Bertz CT molecular complexity index is 380. The summed E-state index contributed by atoms with van der Waals surface area (Å²) in [5.41, 5.74) is 1.27. The minimum absolute atomic E-state index is 0.415. The fourth-order valence-electron chi connectivity index (χ4n) is 2.50. The first-order valence-electron chi connectivity index (χ1n) is 7.24. The van der Waals surface area contributed by atoms with E-state index in [9.17, 15) is 0 Å². The van der Waals surface area contributed by atoms with Gasteiger partial charge in [0.05, 0.1) is 12.8 Å². The molecule has 2 unspecified atom stereocenters. The van der Waals surface area contributed by atoms with Gasteiger partial charge in [-0.2, -0.15) is 11.8 Å². The van der Waals surface area contributed by atoms with Crippen molar-refractivity contribution >= 4 is 11.8 Å². The van der Waals surface area contributed by atoms with Crippen LogP contribution in [0.3, 0.4) is 0 Å². The zero-order chi connectivity index (χ0) is 13.5. The van der Waals surface area contributed by atoms with E-state index < -0.39 is 0 Å². The highest BCUT2D eigenvalue weighted by Crippen LogP contribution is 2.34. The summed E-state index contributed by atoms with van der Waals surface area (Å²) in [6, 6.07) is 2.57. The van der Waals surface area contributed by atoms with Crippen LogP contribution >= 0.6 is 11.8 Å². The van der Waals surface area contributed by atoms with E-state index in [2.05, 4.69) is 42.0 Å². The van der Waals surface area contributed by atoms with Crippen LogP contribution in [-0.2, 0) is 0 Å². The highest BCUT2D eigenvalue weighted by atomic mass is 32.2. The Morgan fingerprint density at radius 3 is 3.05 bits per heavy atom. The number of thioether (sulfide) groups is 1. The number of nitrogens with one attached hydrogen (secondary N) is 1. The summed E-state index contributed by atoms with van der Waals surface area (Å²) in [5, 5.41) is 3.62. The van der Waals surface area contributed by atoms with Gasteiger partial charge in [0.25, 0.3) is 0 Å². The predicted molar refractivity (Wildman–Crippen MR) is 81.9 cm³/mol. The van der Waals surface area contributed by atoms with Crippen LogP contribution in [0.5, 0.6) is 5.75 Å². The first-order valence-corrected chi connectivity index (χ1v) is 8.39. The molecule has 0 saturated carbocycles. The minimum Gasteiger partial charge on any atom is -0.492 e. The lowest BCUT2D eigenvalue weighted by Crippen LogP contribution is -2.28. The molecule has 2 atom stereocenters. The second-order valence-electron chi connectivity index (χ2n) is 4.96. The third kappa shape index (κ3) is 4.11. The number of ether oxygens (including phenoxy) is 1. The largest absolute Gasteiger partial charge is 0.492 e. The van der Waals surface area contributed by atoms with Crippen LogP contribution in [0.25, 0.3) is 0 Å². The summed E-state index contributed by atoms with van der Waals surface area (Å²) in [5.74, 6) is 4.14. The van der Waals surface area contributed by atoms with Crippen LogP contribution in [0.4, 0.5) is 0 Å². The third-order valence-electron chi connectivity index (χ3n) is 3.43. The number of pyridine rings is 1. The van der Waals surface area contributed by atoms with Crippen molar-refractivity contribution in [3.05, 3.63) is 24.0 Å². The van der Waals surface area contributed by atoms with Crippen molar-refractivity contribution in [1.82, 2.24) is 10.3 Å². The monoisotopic (exact) mass is 280 g/mol. The van der Waals surface area contributed by atoms with Gasteiger partial charge in [-0.15, -0.1) is 0 Å². The van der Waals surface area contributed by atoms with Gasteiger partial charge < -0.3 is 10.1 Å². The third-order valence-corrected chi connectivity index (χ3v) is 4.61. The highest BCUT2D eigenvalue weighted by molar-refractivity contribution is 7.99. The summed E-state index contributed by atoms with van der Waals surface area (Å²) >= 11 is 2.06. The van der Waals surface area contributed by atoms with Crippen molar-refractivity contribution in [3.63, 3.8) is 0 Å². The van der Waals surface area contributed by atoms with E-state index in [4.69, 9.17) is 4.74 Å². The summed E-state index contributed by atoms with van der Waals surface area (Å²) < 4.78 is 5.69. The summed E-state index contributed by atoms with van der Waals surface area (Å²) in [6.45, 7) is 6.04. The van der Waals surface area contributed by atoms with Gasteiger partial charge in [0.2, 0.25) is 0 Å². The molecule has 0 bridgehead atoms. The maximum absolute atomic E-state index is 5.69. The highest BCUT2D eigenvalue weighted by Gasteiger charge is 2.26. The average Bonchev–Trinajstić information content (AvgIpc) is 2.96. The summed E-state index contributed by atoms with van der Waals surface area (Å²) in [6.07, 6.45) is 6.11. The molecule has 0 amide bonds. The van der Waals surface area contributed by atoms with Crippen LogP contribution in [0, 0.1) is 5.92 Å². The summed E-state index contributed by atoms with van der Waals surface area (Å²) in [7, 11) is 0. The van der Waals surface area contributed by atoms with E-state index in [0.717, 1.165) is 25.3 Å². The van der Waals surface area contributed by atoms with E-state index in [0.29, 0.717) is 12.0 Å². The van der Waals surface area contributed by atoms with Crippen LogP contribution in [0.1, 0.15) is 38.3 Å². The van der Waals surface area contributed by atoms with Crippen molar-refractivity contribution in [2.24, 2.45) is 5.92 Å². The zero-order valence-corrected chi connectivity index (χ0v) is 12.7. The lowest BCUT2D eigenvalue weighted by molar-refractivity contribution is 0.314. The molecule has 4 heteroatoms. The molecule has 0 radical (unpaired) electrons. The maximum Gasteiger partial charge on any atom is 0.137 e. The standard InChI is InChI=1S/C15H24N2OS/c1-3-6-18-14-8-13(9-16-10-14)15(17-4-2)12-5-7-19-11-12/h8-10,12,15,17H,3-7,11H2,1-2H3. The topological polar surface area (TPSA) is 34.1 Å². The van der Waals surface area contributed by atoms with E-state index in [1.165, 1.54) is 23.5 Å². The molecule has 0 spiro atoms. The molecule has 1 aliphatic heterocycles. The summed E-state index contributed by atoms with van der Waals surface area (Å²) in [4.78, 5) is 4.34. The molecule has 1 fully saturated rings. The van der Waals surface area contributed by atoms with Crippen LogP contribution in [0.15, 0.2) is 18.5 Å². The minimum atomic E-state index is 0.415. The molecule has 0 aromatic carbocycles. The molecule has 0 aliphatic carbocycles. The number of aromatic nitrogens is 1. The van der Waals surface area contributed by atoms with Crippen molar-refractivity contribution in [1.29, 1.82) is 0 Å². The molecule has 2 rings (SSSR count). The van der Waals surface area contributed by atoms with Gasteiger partial charge in [-0.1, -0.05) is 13.8 Å². The predicted octanol–water partition coefficient (Wildman–Crippen LogP) is 3.27. The number of rotatable bonds is 7. The smallest absolute Gasteiger partial charge is 0.137 e. The Balaban J connectivity index is 2.11. The number of hydrogen-bond acceptors (Lipinski definition) is 4. The molecule has 1 N–H and O–H groups in total.